The van der Waals surface area contributed by atoms with Crippen LogP contribution in [0.25, 0.3) is 11.5 Å². The van der Waals surface area contributed by atoms with Gasteiger partial charge in [0.1, 0.15) is 29.9 Å². The van der Waals surface area contributed by atoms with Crippen LogP contribution in [0.3, 0.4) is 0 Å². The molecule has 0 aliphatic carbocycles. The molecule has 0 radical (unpaired) electrons. The van der Waals surface area contributed by atoms with Gasteiger partial charge in [0.05, 0.1) is 4.88 Å². The van der Waals surface area contributed by atoms with Crippen LogP contribution in [0.2, 0.25) is 0 Å². The molecule has 0 saturated carbocycles. The van der Waals surface area contributed by atoms with Crippen LogP contribution >= 0.6 is 11.3 Å². The van der Waals surface area contributed by atoms with Crippen molar-refractivity contribution in [2.45, 2.75) is 25.9 Å². The number of thiazole rings is 1. The van der Waals surface area contributed by atoms with E-state index in [0.29, 0.717) is 40.8 Å². The predicted octanol–water partition coefficient (Wildman–Crippen LogP) is 4.06. The standard InChI is InChI=1S/C23H22N2O5S/c1-2-18-20(24-22(30-18)15-6-4-3-5-7-15)17(26)13-29-16-10-8-14(9-11-16)12-19-21(27)25-23(28)31-19/h3-11,17,26-27H,2,12-13H2,1H3,(H,25,28). The van der Waals surface area contributed by atoms with Gasteiger partial charge in [-0.25, -0.2) is 4.98 Å². The molecule has 0 fully saturated rings. The molecule has 0 aliphatic rings. The maximum absolute atomic E-state index is 11.3. The summed E-state index contributed by atoms with van der Waals surface area (Å²) in [6, 6.07) is 16.8. The molecule has 4 aromatic rings. The molecule has 2 heterocycles. The zero-order chi connectivity index (χ0) is 21.8. The minimum absolute atomic E-state index is 0.0350. The lowest BCUT2D eigenvalue weighted by Gasteiger charge is -2.11. The molecule has 8 heteroatoms. The Kier molecular flexibility index (Phi) is 6.20. The van der Waals surface area contributed by atoms with Crippen molar-refractivity contribution in [3.63, 3.8) is 0 Å². The molecule has 7 nitrogen and oxygen atoms in total. The molecule has 0 amide bonds. The van der Waals surface area contributed by atoms with E-state index in [9.17, 15) is 15.0 Å². The van der Waals surface area contributed by atoms with E-state index in [1.54, 1.807) is 12.1 Å². The summed E-state index contributed by atoms with van der Waals surface area (Å²) in [6.45, 7) is 1.98. The number of nitrogens with one attached hydrogen (secondary N) is 1. The SMILES string of the molecule is CCc1oc(-c2ccccc2)nc1C(O)COc1ccc(Cc2sc(=O)[nH]c2O)cc1. The van der Waals surface area contributed by atoms with Crippen LogP contribution in [-0.4, -0.2) is 26.8 Å². The highest BCUT2D eigenvalue weighted by molar-refractivity contribution is 7.09. The van der Waals surface area contributed by atoms with Gasteiger partial charge in [-0.05, 0) is 29.8 Å². The number of nitrogens with zero attached hydrogens (tertiary/aromatic N) is 1. The van der Waals surface area contributed by atoms with Crippen molar-refractivity contribution in [2.24, 2.45) is 0 Å². The number of hydrogen-bond acceptors (Lipinski definition) is 7. The molecule has 160 valence electrons. The van der Waals surface area contributed by atoms with E-state index >= 15 is 0 Å². The van der Waals surface area contributed by atoms with Crippen molar-refractivity contribution in [1.82, 2.24) is 9.97 Å². The van der Waals surface area contributed by atoms with E-state index in [1.165, 1.54) is 0 Å². The number of aryl methyl sites for hydroxylation is 1. The summed E-state index contributed by atoms with van der Waals surface area (Å²) < 4.78 is 11.6. The van der Waals surface area contributed by atoms with Crippen LogP contribution in [0.5, 0.6) is 11.6 Å². The summed E-state index contributed by atoms with van der Waals surface area (Å²) in [5.41, 5.74) is 2.26. The van der Waals surface area contributed by atoms with Gasteiger partial charge in [-0.2, -0.15) is 0 Å². The monoisotopic (exact) mass is 438 g/mol. The molecule has 4 rings (SSSR count). The quantitative estimate of drug-likeness (QED) is 0.383. The normalized spacial score (nSPS) is 12.1. The first kappa shape index (κ1) is 20.9. The Labute approximate surface area is 182 Å². The summed E-state index contributed by atoms with van der Waals surface area (Å²) >= 11 is 0.988. The van der Waals surface area contributed by atoms with E-state index in [4.69, 9.17) is 9.15 Å². The summed E-state index contributed by atoms with van der Waals surface area (Å²) in [7, 11) is 0. The van der Waals surface area contributed by atoms with Gasteiger partial charge >= 0.3 is 4.87 Å². The zero-order valence-electron chi connectivity index (χ0n) is 16.9. The van der Waals surface area contributed by atoms with Gasteiger partial charge < -0.3 is 19.4 Å². The number of ether oxygens (including phenoxy) is 1. The van der Waals surface area contributed by atoms with E-state index in [0.717, 1.165) is 22.5 Å². The second-order valence-corrected chi connectivity index (χ2v) is 8.05. The molecule has 3 N–H and O–H groups in total. The largest absolute Gasteiger partial charge is 0.494 e. The van der Waals surface area contributed by atoms with Crippen molar-refractivity contribution in [3.8, 4) is 23.1 Å². The number of aromatic hydroxyl groups is 1. The van der Waals surface area contributed by atoms with Crippen LogP contribution in [0.1, 0.15) is 34.9 Å². The Balaban J connectivity index is 1.40. The zero-order valence-corrected chi connectivity index (χ0v) is 17.7. The fourth-order valence-corrected chi connectivity index (χ4v) is 3.95. The molecule has 31 heavy (non-hydrogen) atoms. The minimum atomic E-state index is -0.926. The highest BCUT2D eigenvalue weighted by atomic mass is 32.1. The molecule has 2 aromatic carbocycles. The van der Waals surface area contributed by atoms with Crippen LogP contribution in [0, 0.1) is 0 Å². The van der Waals surface area contributed by atoms with Gasteiger partial charge in [-0.3, -0.25) is 9.78 Å². The first-order valence-electron chi connectivity index (χ1n) is 9.89. The number of benzene rings is 2. The summed E-state index contributed by atoms with van der Waals surface area (Å²) in [4.78, 5) is 18.4. The molecule has 0 bridgehead atoms. The van der Waals surface area contributed by atoms with Crippen molar-refractivity contribution >= 4 is 11.3 Å². The van der Waals surface area contributed by atoms with Gasteiger partial charge in [-0.15, -0.1) is 0 Å². The van der Waals surface area contributed by atoms with Gasteiger partial charge in [0.2, 0.25) is 11.8 Å². The molecule has 0 aliphatic heterocycles. The van der Waals surface area contributed by atoms with Gasteiger partial charge in [0.25, 0.3) is 0 Å². The third-order valence-corrected chi connectivity index (χ3v) is 5.65. The molecule has 1 atom stereocenters. The average Bonchev–Trinajstić information content (AvgIpc) is 3.36. The highest BCUT2D eigenvalue weighted by Crippen LogP contribution is 2.27. The Bertz CT molecular complexity index is 1190. The van der Waals surface area contributed by atoms with Crippen LogP contribution < -0.4 is 9.61 Å². The molecule has 2 aromatic heterocycles. The number of hydrogen-bond donors (Lipinski definition) is 3. The second kappa shape index (κ2) is 9.20. The van der Waals surface area contributed by atoms with E-state index in [2.05, 4.69) is 9.97 Å². The summed E-state index contributed by atoms with van der Waals surface area (Å²) in [6.07, 6.45) is 0.128. The third-order valence-electron chi connectivity index (χ3n) is 4.78. The average molecular weight is 439 g/mol. The molecular formula is C23H22N2O5S. The van der Waals surface area contributed by atoms with Crippen LogP contribution in [0.4, 0.5) is 0 Å². The smallest absolute Gasteiger partial charge is 0.307 e. The van der Waals surface area contributed by atoms with Crippen molar-refractivity contribution in [1.29, 1.82) is 0 Å². The van der Waals surface area contributed by atoms with Crippen molar-refractivity contribution in [2.75, 3.05) is 6.61 Å². The van der Waals surface area contributed by atoms with Crippen molar-refractivity contribution in [3.05, 3.63) is 86.2 Å². The second-order valence-electron chi connectivity index (χ2n) is 6.98. The number of aromatic amines is 1. The van der Waals surface area contributed by atoms with Gasteiger partial charge in [0, 0.05) is 18.4 Å². The lowest BCUT2D eigenvalue weighted by Crippen LogP contribution is -2.11. The fourth-order valence-electron chi connectivity index (χ4n) is 3.20. The third kappa shape index (κ3) is 4.87. The topological polar surface area (TPSA) is 109 Å². The predicted molar refractivity (Wildman–Crippen MR) is 118 cm³/mol. The Morgan fingerprint density at radius 2 is 1.90 bits per heavy atom. The van der Waals surface area contributed by atoms with Crippen LogP contribution in [-0.2, 0) is 12.8 Å². The first-order chi connectivity index (χ1) is 15.0. The summed E-state index contributed by atoms with van der Waals surface area (Å²) in [5, 5.41) is 20.3. The molecule has 1 unspecified atom stereocenters. The lowest BCUT2D eigenvalue weighted by molar-refractivity contribution is 0.103. The number of aromatic nitrogens is 2. The maximum Gasteiger partial charge on any atom is 0.307 e. The van der Waals surface area contributed by atoms with Gasteiger partial charge in [-0.1, -0.05) is 48.6 Å². The van der Waals surface area contributed by atoms with E-state index < -0.39 is 6.10 Å². The van der Waals surface area contributed by atoms with Crippen LogP contribution in [0.15, 0.2) is 63.8 Å². The Morgan fingerprint density at radius 1 is 1.16 bits per heavy atom. The van der Waals surface area contributed by atoms with Crippen molar-refractivity contribution < 1.29 is 19.4 Å². The minimum Gasteiger partial charge on any atom is -0.494 e. The van der Waals surface area contributed by atoms with Gasteiger partial charge in [0.15, 0.2) is 0 Å². The molecule has 0 spiro atoms. The Hall–Kier alpha value is -3.36. The number of aliphatic hydroxyl groups is 1. The number of aliphatic hydroxyl groups excluding tert-OH is 1. The lowest BCUT2D eigenvalue weighted by atomic mass is 10.1. The highest BCUT2D eigenvalue weighted by Gasteiger charge is 2.21. The summed E-state index contributed by atoms with van der Waals surface area (Å²) in [5.74, 6) is 1.62. The van der Waals surface area contributed by atoms with E-state index in [1.807, 2.05) is 49.4 Å². The maximum atomic E-state index is 11.3. The van der Waals surface area contributed by atoms with E-state index in [-0.39, 0.29) is 17.4 Å². The fraction of sp³-hybridized carbons (Fsp3) is 0.217. The Morgan fingerprint density at radius 3 is 2.55 bits per heavy atom. The number of oxazole rings is 1. The number of rotatable bonds is 8. The molecule has 0 saturated heterocycles. The number of H-pyrrole nitrogens is 1. The molecular weight excluding hydrogens is 416 g/mol. The first-order valence-corrected chi connectivity index (χ1v) is 10.7.